The van der Waals surface area contributed by atoms with E-state index in [1.165, 1.54) is 17.3 Å². The zero-order valence-electron chi connectivity index (χ0n) is 6.47. The fraction of sp³-hybridized carbons (Fsp3) is 0.571. The fourth-order valence-corrected chi connectivity index (χ4v) is 1.67. The summed E-state index contributed by atoms with van der Waals surface area (Å²) in [5.41, 5.74) is 2.40. The van der Waals surface area contributed by atoms with E-state index in [0.29, 0.717) is 0 Å². The van der Waals surface area contributed by atoms with Crippen molar-refractivity contribution in [2.24, 2.45) is 0 Å². The molecule has 0 radical (unpaired) electrons. The zero-order valence-corrected chi connectivity index (χ0v) is 7.29. The first-order chi connectivity index (χ1) is 4.63. The second kappa shape index (κ2) is 2.66. The Morgan fingerprint density at radius 2 is 2.10 bits per heavy atom. The molecule has 0 saturated heterocycles. The molecule has 0 saturated carbocycles. The monoisotopic (exact) mass is 157 g/mol. The van der Waals surface area contributed by atoms with Gasteiger partial charge in [-0.1, -0.05) is 11.8 Å². The van der Waals surface area contributed by atoms with Gasteiger partial charge < -0.3 is 4.90 Å². The molecule has 3 heteroatoms. The number of carbonyl (C=O) groups excluding carboxylic acids is 1. The summed E-state index contributed by atoms with van der Waals surface area (Å²) in [5.74, 6) is 0.856. The van der Waals surface area contributed by atoms with Crippen molar-refractivity contribution in [2.75, 3.05) is 12.8 Å². The topological polar surface area (TPSA) is 20.3 Å². The maximum Gasteiger partial charge on any atom is 0.285 e. The molecule has 0 aromatic heterocycles. The quantitative estimate of drug-likeness (QED) is 0.536. The molecule has 0 aromatic carbocycles. The Morgan fingerprint density at radius 3 is 2.60 bits per heavy atom. The van der Waals surface area contributed by atoms with Gasteiger partial charge in [-0.25, -0.2) is 0 Å². The molecule has 56 valence electrons. The highest BCUT2D eigenvalue weighted by atomic mass is 32.2. The minimum Gasteiger partial charge on any atom is -0.310 e. The fourth-order valence-electron chi connectivity index (χ4n) is 0.794. The molecule has 2 nitrogen and oxygen atoms in total. The standard InChI is InChI=1S/C7H11NOS/c1-5-4-10-7(9)8(3)6(5)2/h4H2,1-3H3. The van der Waals surface area contributed by atoms with Gasteiger partial charge in [0.1, 0.15) is 0 Å². The molecule has 1 aliphatic rings. The van der Waals surface area contributed by atoms with Crippen LogP contribution in [0.15, 0.2) is 11.3 Å². The van der Waals surface area contributed by atoms with Gasteiger partial charge in [-0.2, -0.15) is 0 Å². The molecule has 1 rings (SSSR count). The molecule has 0 atom stereocenters. The second-order valence-electron chi connectivity index (χ2n) is 2.48. The largest absolute Gasteiger partial charge is 0.310 e. The third kappa shape index (κ3) is 1.19. The van der Waals surface area contributed by atoms with E-state index < -0.39 is 0 Å². The minimum atomic E-state index is 0.156. The van der Waals surface area contributed by atoms with Crippen molar-refractivity contribution in [3.05, 3.63) is 11.3 Å². The molecule has 0 N–H and O–H groups in total. The number of nitrogens with zero attached hydrogens (tertiary/aromatic N) is 1. The van der Waals surface area contributed by atoms with Gasteiger partial charge in [0, 0.05) is 18.5 Å². The van der Waals surface area contributed by atoms with E-state index in [2.05, 4.69) is 6.92 Å². The van der Waals surface area contributed by atoms with E-state index in [4.69, 9.17) is 0 Å². The third-order valence-corrected chi connectivity index (χ3v) is 2.90. The van der Waals surface area contributed by atoms with Crippen LogP contribution in [0.25, 0.3) is 0 Å². The molecule has 0 bridgehead atoms. The van der Waals surface area contributed by atoms with Crippen molar-refractivity contribution in [1.82, 2.24) is 4.90 Å². The Balaban J connectivity index is 2.88. The van der Waals surface area contributed by atoms with Crippen LogP contribution in [0.4, 0.5) is 4.79 Å². The van der Waals surface area contributed by atoms with Crippen LogP contribution in [0.1, 0.15) is 13.8 Å². The van der Waals surface area contributed by atoms with Crippen LogP contribution >= 0.6 is 11.8 Å². The van der Waals surface area contributed by atoms with Crippen molar-refractivity contribution in [3.8, 4) is 0 Å². The molecule has 1 heterocycles. The first-order valence-corrected chi connectivity index (χ1v) is 4.18. The minimum absolute atomic E-state index is 0.156. The van der Waals surface area contributed by atoms with E-state index in [1.807, 2.05) is 14.0 Å². The summed E-state index contributed by atoms with van der Waals surface area (Å²) in [4.78, 5) is 12.7. The average molecular weight is 157 g/mol. The van der Waals surface area contributed by atoms with Crippen LogP contribution < -0.4 is 0 Å². The highest BCUT2D eigenvalue weighted by Gasteiger charge is 2.18. The molecule has 0 spiro atoms. The zero-order chi connectivity index (χ0) is 7.72. The third-order valence-electron chi connectivity index (χ3n) is 1.81. The normalized spacial score (nSPS) is 20.3. The SMILES string of the molecule is CC1=C(C)N(C)C(=O)SC1. The van der Waals surface area contributed by atoms with Crippen molar-refractivity contribution in [2.45, 2.75) is 13.8 Å². The number of thioether (sulfide) groups is 1. The summed E-state index contributed by atoms with van der Waals surface area (Å²) in [6.45, 7) is 4.04. The Hall–Kier alpha value is -0.440. The molecular weight excluding hydrogens is 146 g/mol. The second-order valence-corrected chi connectivity index (χ2v) is 3.41. The van der Waals surface area contributed by atoms with Crippen LogP contribution in [0.3, 0.4) is 0 Å². The van der Waals surface area contributed by atoms with Crippen LogP contribution in [0.2, 0.25) is 0 Å². The Morgan fingerprint density at radius 1 is 1.50 bits per heavy atom. The number of rotatable bonds is 0. The van der Waals surface area contributed by atoms with Crippen LogP contribution in [-0.2, 0) is 0 Å². The van der Waals surface area contributed by atoms with Gasteiger partial charge in [0.2, 0.25) is 0 Å². The van der Waals surface area contributed by atoms with Crippen LogP contribution in [-0.4, -0.2) is 22.9 Å². The Bertz CT molecular complexity index is 198. The van der Waals surface area contributed by atoms with Gasteiger partial charge in [-0.3, -0.25) is 4.79 Å². The number of hydrogen-bond acceptors (Lipinski definition) is 2. The average Bonchev–Trinajstić information content (AvgIpc) is 1.93. The predicted octanol–water partition coefficient (Wildman–Crippen LogP) is 2.08. The lowest BCUT2D eigenvalue weighted by molar-refractivity contribution is 0.242. The van der Waals surface area contributed by atoms with Crippen molar-refractivity contribution >= 4 is 17.0 Å². The lowest BCUT2D eigenvalue weighted by Crippen LogP contribution is -2.25. The van der Waals surface area contributed by atoms with Gasteiger partial charge in [0.15, 0.2) is 0 Å². The van der Waals surface area contributed by atoms with E-state index in [9.17, 15) is 4.79 Å². The summed E-state index contributed by atoms with van der Waals surface area (Å²) in [6.07, 6.45) is 0. The molecule has 10 heavy (non-hydrogen) atoms. The molecule has 0 aromatic rings. The Kier molecular flexibility index (Phi) is 2.04. The molecule has 1 aliphatic heterocycles. The van der Waals surface area contributed by atoms with Crippen molar-refractivity contribution in [3.63, 3.8) is 0 Å². The van der Waals surface area contributed by atoms with E-state index >= 15 is 0 Å². The van der Waals surface area contributed by atoms with E-state index in [1.54, 1.807) is 4.90 Å². The molecule has 0 unspecified atom stereocenters. The van der Waals surface area contributed by atoms with Crippen LogP contribution in [0.5, 0.6) is 0 Å². The molecule has 1 amide bonds. The maximum atomic E-state index is 11.0. The number of hydrogen-bond donors (Lipinski definition) is 0. The summed E-state index contributed by atoms with van der Waals surface area (Å²) in [6, 6.07) is 0. The number of carbonyl (C=O) groups is 1. The summed E-state index contributed by atoms with van der Waals surface area (Å²) < 4.78 is 0. The van der Waals surface area contributed by atoms with Gasteiger partial charge in [-0.05, 0) is 19.4 Å². The maximum absolute atomic E-state index is 11.0. The molecular formula is C7H11NOS. The lowest BCUT2D eigenvalue weighted by atomic mass is 10.2. The van der Waals surface area contributed by atoms with Crippen molar-refractivity contribution < 1.29 is 4.79 Å². The predicted molar refractivity (Wildman–Crippen MR) is 44.0 cm³/mol. The number of allylic oxidation sites excluding steroid dienone is 1. The smallest absolute Gasteiger partial charge is 0.285 e. The highest BCUT2D eigenvalue weighted by molar-refractivity contribution is 8.13. The van der Waals surface area contributed by atoms with E-state index in [0.717, 1.165) is 11.4 Å². The van der Waals surface area contributed by atoms with Crippen molar-refractivity contribution in [1.29, 1.82) is 0 Å². The first-order valence-electron chi connectivity index (χ1n) is 3.19. The van der Waals surface area contributed by atoms with Gasteiger partial charge in [0.25, 0.3) is 5.24 Å². The summed E-state index contributed by atoms with van der Waals surface area (Å²) in [5, 5.41) is 0.156. The van der Waals surface area contributed by atoms with Gasteiger partial charge in [-0.15, -0.1) is 0 Å². The van der Waals surface area contributed by atoms with Crippen LogP contribution in [0, 0.1) is 0 Å². The summed E-state index contributed by atoms with van der Waals surface area (Å²) >= 11 is 1.37. The number of amides is 1. The first kappa shape index (κ1) is 7.66. The van der Waals surface area contributed by atoms with Gasteiger partial charge >= 0.3 is 0 Å². The molecule has 0 aliphatic carbocycles. The van der Waals surface area contributed by atoms with E-state index in [-0.39, 0.29) is 5.24 Å². The summed E-state index contributed by atoms with van der Waals surface area (Å²) in [7, 11) is 1.81. The van der Waals surface area contributed by atoms with Gasteiger partial charge in [0.05, 0.1) is 0 Å². The molecule has 0 fully saturated rings. The Labute approximate surface area is 65.3 Å². The lowest BCUT2D eigenvalue weighted by Gasteiger charge is -2.24. The highest BCUT2D eigenvalue weighted by Crippen LogP contribution is 2.23.